The first kappa shape index (κ1) is 34.5. The summed E-state index contributed by atoms with van der Waals surface area (Å²) >= 11 is 1.11. The van der Waals surface area contributed by atoms with Crippen LogP contribution in [0.4, 0.5) is 0 Å². The van der Waals surface area contributed by atoms with Crippen molar-refractivity contribution >= 4 is 56.9 Å². The molecule has 0 spiro atoms. The van der Waals surface area contributed by atoms with E-state index in [1.54, 1.807) is 0 Å². The van der Waals surface area contributed by atoms with E-state index < -0.39 is 18.9 Å². The van der Waals surface area contributed by atoms with E-state index in [1.165, 1.54) is 34.2 Å². The summed E-state index contributed by atoms with van der Waals surface area (Å²) in [5.41, 5.74) is 0.227. The SMILES string of the molecule is CCB(CC)N(CC)S[N](C(C)(C)C)[Sn]([CH2]C)([CH2]C)[N](SN(CC)B(CC)CC)C(C)(C)C. The van der Waals surface area contributed by atoms with Gasteiger partial charge in [-0.2, -0.15) is 0 Å². The average molecular weight is 607 g/mol. The number of hydrogen-bond acceptors (Lipinski definition) is 6. The molecule has 0 N–H and O–H groups in total. The van der Waals surface area contributed by atoms with E-state index in [0.29, 0.717) is 13.7 Å². The third kappa shape index (κ3) is 9.37. The first-order chi connectivity index (χ1) is 15.3. The summed E-state index contributed by atoms with van der Waals surface area (Å²) < 4.78 is 13.9. The second kappa shape index (κ2) is 15.7. The van der Waals surface area contributed by atoms with Gasteiger partial charge < -0.3 is 0 Å². The van der Waals surface area contributed by atoms with Gasteiger partial charge in [0.2, 0.25) is 0 Å². The zero-order valence-electron chi connectivity index (χ0n) is 24.9. The zero-order valence-corrected chi connectivity index (χ0v) is 29.4. The van der Waals surface area contributed by atoms with E-state index in [0.717, 1.165) is 13.1 Å². The van der Waals surface area contributed by atoms with Gasteiger partial charge in [-0.25, -0.2) is 0 Å². The first-order valence-electron chi connectivity index (χ1n) is 13.8. The first-order valence-corrected chi connectivity index (χ1v) is 21.8. The Morgan fingerprint density at radius 2 is 0.818 bits per heavy atom. The van der Waals surface area contributed by atoms with Gasteiger partial charge in [0.1, 0.15) is 0 Å². The van der Waals surface area contributed by atoms with Crippen LogP contribution in [0.25, 0.3) is 0 Å². The van der Waals surface area contributed by atoms with Crippen LogP contribution < -0.4 is 0 Å². The standard InChI is InChI=1S/2C10H24BN2S.2C2H5.Sn/c2*1-7-11(8-2)13(9-3)14-12-10(4,5)6;2*1-2;/h2*7-9H2,1-6H3;2*1H2,2H3;/q2*-1;;;+2. The Hall–Kier alpha value is 1.47. The van der Waals surface area contributed by atoms with E-state index in [-0.39, 0.29) is 11.1 Å². The fourth-order valence-corrected chi connectivity index (χ4v) is 28.8. The van der Waals surface area contributed by atoms with Gasteiger partial charge in [-0.3, -0.25) is 0 Å². The van der Waals surface area contributed by atoms with Gasteiger partial charge in [0.25, 0.3) is 0 Å². The van der Waals surface area contributed by atoms with Gasteiger partial charge in [-0.15, -0.1) is 0 Å². The van der Waals surface area contributed by atoms with E-state index >= 15 is 0 Å². The predicted molar refractivity (Wildman–Crippen MR) is 163 cm³/mol. The Morgan fingerprint density at radius 3 is 0.970 bits per heavy atom. The fourth-order valence-electron chi connectivity index (χ4n) is 4.92. The molecule has 0 amide bonds. The summed E-state index contributed by atoms with van der Waals surface area (Å²) in [7, 11) is 0. The van der Waals surface area contributed by atoms with Gasteiger partial charge in [0.05, 0.1) is 0 Å². The summed E-state index contributed by atoms with van der Waals surface area (Å²) in [6.07, 6.45) is 4.86. The van der Waals surface area contributed by atoms with Crippen molar-refractivity contribution in [2.75, 3.05) is 13.1 Å². The molecule has 0 fully saturated rings. The number of hydrogen-bond donors (Lipinski definition) is 0. The topological polar surface area (TPSA) is 13.0 Å². The maximum absolute atomic E-state index is 3.08. The van der Waals surface area contributed by atoms with E-state index in [4.69, 9.17) is 0 Å². The van der Waals surface area contributed by atoms with Crippen molar-refractivity contribution in [3.8, 4) is 0 Å². The van der Waals surface area contributed by atoms with Crippen LogP contribution in [-0.4, -0.2) is 70.3 Å². The third-order valence-corrected chi connectivity index (χ3v) is 30.3. The molecule has 0 aliphatic carbocycles. The molecule has 0 bridgehead atoms. The Morgan fingerprint density at radius 1 is 0.545 bits per heavy atom. The molecule has 4 nitrogen and oxygen atoms in total. The van der Waals surface area contributed by atoms with Crippen molar-refractivity contribution < 1.29 is 0 Å². The molecule has 9 heteroatoms. The molecule has 0 aliphatic rings. The Kier molecular flexibility index (Phi) is 16.4. The summed E-state index contributed by atoms with van der Waals surface area (Å²) in [5.74, 6) is 0. The molecule has 0 aliphatic heterocycles. The summed E-state index contributed by atoms with van der Waals surface area (Å²) in [4.78, 5) is 0. The molecule has 0 atom stereocenters. The van der Waals surface area contributed by atoms with E-state index in [9.17, 15) is 0 Å². The molecule has 0 unspecified atom stereocenters. The van der Waals surface area contributed by atoms with Gasteiger partial charge >= 0.3 is 226 Å². The van der Waals surface area contributed by atoms with Crippen molar-refractivity contribution in [2.24, 2.45) is 0 Å². The molecule has 0 aromatic rings. The molecular formula is C24H58B2N4S2Sn. The summed E-state index contributed by atoms with van der Waals surface area (Å²) in [6, 6.07) is 0. The van der Waals surface area contributed by atoms with Crippen molar-refractivity contribution in [2.45, 2.75) is 142 Å². The number of rotatable bonds is 16. The molecule has 0 radical (unpaired) electrons. The van der Waals surface area contributed by atoms with Gasteiger partial charge in [-0.05, 0) is 0 Å². The second-order valence-electron chi connectivity index (χ2n) is 11.2. The Labute approximate surface area is 224 Å². The minimum atomic E-state index is -3.08. The average Bonchev–Trinajstić information content (AvgIpc) is 2.75. The van der Waals surface area contributed by atoms with Crippen LogP contribution in [0.15, 0.2) is 0 Å². The van der Waals surface area contributed by atoms with Crippen LogP contribution in [0, 0.1) is 0 Å². The van der Waals surface area contributed by atoms with Crippen LogP contribution in [0.3, 0.4) is 0 Å². The fraction of sp³-hybridized carbons (Fsp3) is 1.00. The predicted octanol–water partition coefficient (Wildman–Crippen LogP) is 8.50. The van der Waals surface area contributed by atoms with E-state index in [2.05, 4.69) is 135 Å². The van der Waals surface area contributed by atoms with Gasteiger partial charge in [0, 0.05) is 0 Å². The summed E-state index contributed by atoms with van der Waals surface area (Å²) in [6.45, 7) is 37.2. The molecule has 0 saturated heterocycles. The van der Waals surface area contributed by atoms with Crippen molar-refractivity contribution in [3.05, 3.63) is 0 Å². The Balaban J connectivity index is 6.67. The third-order valence-electron chi connectivity index (χ3n) is 6.80. The molecule has 0 saturated carbocycles. The molecule has 0 rings (SSSR count). The van der Waals surface area contributed by atoms with Crippen molar-refractivity contribution in [1.29, 1.82) is 0 Å². The normalized spacial score (nSPS) is 13.6. The van der Waals surface area contributed by atoms with Crippen molar-refractivity contribution in [3.63, 3.8) is 0 Å². The molecule has 33 heavy (non-hydrogen) atoms. The van der Waals surface area contributed by atoms with Crippen LogP contribution in [0.2, 0.25) is 34.2 Å². The molecule has 0 aromatic heterocycles. The molecular weight excluding hydrogens is 549 g/mol. The van der Waals surface area contributed by atoms with Crippen LogP contribution in [-0.2, 0) is 0 Å². The van der Waals surface area contributed by atoms with Gasteiger partial charge in [0.15, 0.2) is 0 Å². The molecule has 196 valence electrons. The monoisotopic (exact) mass is 608 g/mol. The van der Waals surface area contributed by atoms with Crippen LogP contribution in [0.1, 0.15) is 96.9 Å². The molecule has 0 heterocycles. The van der Waals surface area contributed by atoms with Crippen LogP contribution in [0.5, 0.6) is 0 Å². The van der Waals surface area contributed by atoms with Gasteiger partial charge in [-0.1, -0.05) is 0 Å². The Bertz CT molecular complexity index is 478. The number of nitrogens with zero attached hydrogens (tertiary/aromatic N) is 4. The van der Waals surface area contributed by atoms with E-state index in [1.807, 2.05) is 0 Å². The second-order valence-corrected chi connectivity index (χ2v) is 27.2. The molecule has 0 aromatic carbocycles. The maximum atomic E-state index is 2.96. The zero-order chi connectivity index (χ0) is 26.0. The summed E-state index contributed by atoms with van der Waals surface area (Å²) in [5, 5.41) is 0. The van der Waals surface area contributed by atoms with Crippen LogP contribution >= 0.6 is 24.3 Å². The minimum absolute atomic E-state index is 0.113. The van der Waals surface area contributed by atoms with Crippen molar-refractivity contribution in [1.82, 2.24) is 13.5 Å². The quantitative estimate of drug-likeness (QED) is 0.128.